The van der Waals surface area contributed by atoms with Gasteiger partial charge >= 0.3 is 8.80 Å². The summed E-state index contributed by atoms with van der Waals surface area (Å²) < 4.78 is 19.6. The summed E-state index contributed by atoms with van der Waals surface area (Å²) in [6.45, 7) is 20.4. The van der Waals surface area contributed by atoms with Gasteiger partial charge in [0.15, 0.2) is 0 Å². The molecule has 7 heteroatoms. The minimum absolute atomic E-state index is 0.338. The van der Waals surface area contributed by atoms with E-state index in [2.05, 4.69) is 57.7 Å². The zero-order chi connectivity index (χ0) is 17.1. The molecule has 0 bridgehead atoms. The minimum Gasteiger partial charge on any atom is -0.377 e. The molecular weight excluding hydrogens is 314 g/mol. The summed E-state index contributed by atoms with van der Waals surface area (Å²) in [5.74, 6) is 0. The van der Waals surface area contributed by atoms with E-state index in [4.69, 9.17) is 13.3 Å². The van der Waals surface area contributed by atoms with Crippen LogP contribution >= 0.6 is 0 Å². The van der Waals surface area contributed by atoms with Crippen LogP contribution in [0.4, 0.5) is 0 Å². The first-order valence-electron chi connectivity index (χ1n) is 7.70. The zero-order valence-corrected chi connectivity index (χ0v) is 19.1. The van der Waals surface area contributed by atoms with E-state index in [0.29, 0.717) is 5.04 Å². The van der Waals surface area contributed by atoms with Crippen molar-refractivity contribution in [2.24, 2.45) is 0 Å². The maximum absolute atomic E-state index is 5.60. The van der Waals surface area contributed by atoms with Crippen LogP contribution in [0, 0.1) is 0 Å². The van der Waals surface area contributed by atoms with Crippen LogP contribution in [0.15, 0.2) is 0 Å². The summed E-state index contributed by atoms with van der Waals surface area (Å²) in [5, 5.41) is 0.338. The molecule has 0 aromatic carbocycles. The molecule has 0 aromatic rings. The van der Waals surface area contributed by atoms with Gasteiger partial charge in [0.25, 0.3) is 0 Å². The quantitative estimate of drug-likeness (QED) is 0.618. The van der Waals surface area contributed by atoms with Crippen molar-refractivity contribution in [2.75, 3.05) is 27.9 Å². The fourth-order valence-corrected chi connectivity index (χ4v) is 14.7. The lowest BCUT2D eigenvalue weighted by molar-refractivity contribution is 0.122. The number of rotatable bonds is 8. The largest absolute Gasteiger partial charge is 0.501 e. The highest BCUT2D eigenvalue weighted by molar-refractivity contribution is 6.91. The Bertz CT molecular complexity index is 312. The molecule has 0 atom stereocenters. The van der Waals surface area contributed by atoms with E-state index in [-0.39, 0.29) is 0 Å². The number of hydrogen-bond acceptors (Lipinski definition) is 4. The third-order valence-corrected chi connectivity index (χ3v) is 18.4. The molecule has 128 valence electrons. The maximum Gasteiger partial charge on any atom is 0.501 e. The molecule has 0 N–H and O–H groups in total. The molecule has 0 heterocycles. The molecule has 21 heavy (non-hydrogen) atoms. The Balaban J connectivity index is 5.33. The molecule has 0 rings (SSSR count). The second-order valence-electron chi connectivity index (χ2n) is 8.18. The second kappa shape index (κ2) is 7.37. The summed E-state index contributed by atoms with van der Waals surface area (Å²) in [6, 6.07) is 0.854. The van der Waals surface area contributed by atoms with Crippen LogP contribution in [0.5, 0.6) is 0 Å². The fraction of sp³-hybridized carbons (Fsp3) is 1.00. The van der Waals surface area contributed by atoms with Crippen molar-refractivity contribution in [3.63, 3.8) is 0 Å². The van der Waals surface area contributed by atoms with Gasteiger partial charge in [-0.05, 0) is 11.6 Å². The van der Waals surface area contributed by atoms with E-state index in [1.54, 1.807) is 21.3 Å². The first kappa shape index (κ1) is 21.5. The van der Waals surface area contributed by atoms with Gasteiger partial charge in [-0.1, -0.05) is 53.5 Å². The van der Waals surface area contributed by atoms with Crippen LogP contribution in [0.25, 0.3) is 0 Å². The van der Waals surface area contributed by atoms with Crippen molar-refractivity contribution in [1.29, 1.82) is 0 Å². The summed E-state index contributed by atoms with van der Waals surface area (Å²) in [7, 11) is -0.374. The average Bonchev–Trinajstić information content (AvgIpc) is 2.32. The van der Waals surface area contributed by atoms with E-state index in [9.17, 15) is 0 Å². The summed E-state index contributed by atoms with van der Waals surface area (Å²) in [4.78, 5) is 0. The normalized spacial score (nSPS) is 14.9. The first-order valence-corrected chi connectivity index (χ1v) is 16.0. The van der Waals surface area contributed by atoms with Crippen molar-refractivity contribution >= 4 is 25.3 Å². The maximum atomic E-state index is 5.60. The molecule has 0 unspecified atom stereocenters. The van der Waals surface area contributed by atoms with Crippen molar-refractivity contribution in [2.45, 2.75) is 64.6 Å². The smallest absolute Gasteiger partial charge is 0.377 e. The summed E-state index contributed by atoms with van der Waals surface area (Å²) in [6.07, 6.45) is 0. The molecule has 0 saturated carbocycles. The molecule has 0 spiro atoms. The van der Waals surface area contributed by atoms with Gasteiger partial charge in [-0.15, -0.1) is 0 Å². The fourth-order valence-electron chi connectivity index (χ4n) is 2.66. The van der Waals surface area contributed by atoms with Crippen LogP contribution in [0.1, 0.15) is 20.8 Å². The van der Waals surface area contributed by atoms with Gasteiger partial charge in [0.1, 0.15) is 16.5 Å². The Morgan fingerprint density at radius 2 is 1.19 bits per heavy atom. The first-order chi connectivity index (χ1) is 9.27. The van der Waals surface area contributed by atoms with Gasteiger partial charge in [0.2, 0.25) is 0 Å². The SMILES string of the molecule is CO[Si](CCN([Si](C)(C)C)[Si](C)(C)C(C)(C)C)(OC)OC. The molecule has 0 aliphatic rings. The molecule has 0 aromatic heterocycles. The Morgan fingerprint density at radius 1 is 0.810 bits per heavy atom. The second-order valence-corrected chi connectivity index (χ2v) is 21.8. The molecule has 0 aliphatic carbocycles. The van der Waals surface area contributed by atoms with E-state index >= 15 is 0 Å². The summed E-state index contributed by atoms with van der Waals surface area (Å²) >= 11 is 0. The number of hydrogen-bond donors (Lipinski definition) is 0. The van der Waals surface area contributed by atoms with Gasteiger partial charge in [-0.2, -0.15) is 0 Å². The lowest BCUT2D eigenvalue weighted by Gasteiger charge is -2.52. The van der Waals surface area contributed by atoms with Gasteiger partial charge in [0.05, 0.1) is 0 Å². The molecule has 4 nitrogen and oxygen atoms in total. The standard InChI is InChI=1S/C14H37NO3Si3/c1-14(2,3)20(10,11)15(19(7,8)9)12-13-21(16-4,17-5)18-6/h12-13H2,1-11H3. The van der Waals surface area contributed by atoms with Gasteiger partial charge in [0, 0.05) is 27.4 Å². The zero-order valence-electron chi connectivity index (χ0n) is 16.1. The van der Waals surface area contributed by atoms with E-state index in [1.165, 1.54) is 0 Å². The molecule has 0 radical (unpaired) electrons. The highest BCUT2D eigenvalue weighted by atomic mass is 28.4. The van der Waals surface area contributed by atoms with Crippen molar-refractivity contribution in [3.05, 3.63) is 0 Å². The van der Waals surface area contributed by atoms with Crippen molar-refractivity contribution in [3.8, 4) is 0 Å². The van der Waals surface area contributed by atoms with Gasteiger partial charge in [-0.3, -0.25) is 0 Å². The predicted octanol–water partition coefficient (Wildman–Crippen LogP) is 4.01. The number of nitrogens with zero attached hydrogens (tertiary/aromatic N) is 1. The van der Waals surface area contributed by atoms with Crippen LogP contribution in [-0.2, 0) is 13.3 Å². The Labute approximate surface area is 135 Å². The average molecular weight is 352 g/mol. The minimum atomic E-state index is -2.49. The Morgan fingerprint density at radius 3 is 1.43 bits per heavy atom. The van der Waals surface area contributed by atoms with Crippen LogP contribution in [-0.4, -0.2) is 57.4 Å². The summed E-state index contributed by atoms with van der Waals surface area (Å²) in [5.41, 5.74) is 0. The van der Waals surface area contributed by atoms with Crippen molar-refractivity contribution < 1.29 is 13.3 Å². The van der Waals surface area contributed by atoms with E-state index in [1.807, 2.05) is 0 Å². The highest BCUT2D eigenvalue weighted by Gasteiger charge is 2.47. The predicted molar refractivity (Wildman–Crippen MR) is 98.8 cm³/mol. The monoisotopic (exact) mass is 351 g/mol. The van der Waals surface area contributed by atoms with E-state index < -0.39 is 25.3 Å². The lowest BCUT2D eigenvalue weighted by atomic mass is 10.2. The van der Waals surface area contributed by atoms with Crippen molar-refractivity contribution in [1.82, 2.24) is 4.23 Å². The molecule has 0 aliphatic heterocycles. The molecular formula is C14H37NO3Si3. The Kier molecular flexibility index (Phi) is 7.55. The lowest BCUT2D eigenvalue weighted by Crippen LogP contribution is -2.65. The molecule has 0 fully saturated rings. The topological polar surface area (TPSA) is 30.9 Å². The third-order valence-electron chi connectivity index (χ3n) is 4.89. The Hall–Kier alpha value is 0.491. The van der Waals surface area contributed by atoms with E-state index in [0.717, 1.165) is 12.6 Å². The third kappa shape index (κ3) is 5.26. The molecule has 0 amide bonds. The van der Waals surface area contributed by atoms with Crippen LogP contribution < -0.4 is 0 Å². The van der Waals surface area contributed by atoms with Crippen LogP contribution in [0.2, 0.25) is 43.8 Å². The molecule has 0 saturated heterocycles. The highest BCUT2D eigenvalue weighted by Crippen LogP contribution is 2.40. The van der Waals surface area contributed by atoms with Gasteiger partial charge in [-0.25, -0.2) is 0 Å². The van der Waals surface area contributed by atoms with Crippen LogP contribution in [0.3, 0.4) is 0 Å². The van der Waals surface area contributed by atoms with Gasteiger partial charge < -0.3 is 17.5 Å².